The lowest BCUT2D eigenvalue weighted by atomic mass is 9.87. The van der Waals surface area contributed by atoms with Crippen LogP contribution in [0.2, 0.25) is 46.3 Å². The number of ether oxygens (including phenoxy) is 2. The molecule has 0 radical (unpaired) electrons. The van der Waals surface area contributed by atoms with Crippen molar-refractivity contribution in [2.24, 2.45) is 0 Å². The van der Waals surface area contributed by atoms with Gasteiger partial charge >= 0.3 is 6.09 Å². The number of rotatable bonds is 6. The lowest BCUT2D eigenvalue weighted by Gasteiger charge is -2.47. The number of aliphatic hydroxyl groups is 1. The quantitative estimate of drug-likeness (QED) is 0.315. The van der Waals surface area contributed by atoms with E-state index in [0.717, 1.165) is 5.56 Å². The Morgan fingerprint density at radius 3 is 1.93 bits per heavy atom. The maximum absolute atomic E-state index is 12.5. The first-order valence-electron chi connectivity index (χ1n) is 14.3. The molecular formula is C30H55Cl2NO5Si2. The lowest BCUT2D eigenvalue weighted by Crippen LogP contribution is -2.53. The highest BCUT2D eigenvalue weighted by Crippen LogP contribution is 2.44. The molecule has 0 bridgehead atoms. The molecule has 232 valence electrons. The van der Waals surface area contributed by atoms with Crippen molar-refractivity contribution in [3.63, 3.8) is 0 Å². The van der Waals surface area contributed by atoms with Crippen molar-refractivity contribution >= 4 is 45.9 Å². The first-order valence-corrected chi connectivity index (χ1v) is 20.8. The predicted octanol–water partition coefficient (Wildman–Crippen LogP) is 9.24. The zero-order chi connectivity index (χ0) is 31.4. The molecule has 2 rings (SSSR count). The maximum atomic E-state index is 12.5. The third-order valence-corrected chi connectivity index (χ3v) is 20.2. The summed E-state index contributed by atoms with van der Waals surface area (Å²) in [7, 11) is -3.18. The molecule has 1 heterocycles. The highest BCUT2D eigenvalue weighted by molar-refractivity contribution is 6.87. The summed E-state index contributed by atoms with van der Waals surface area (Å²) in [5.41, 5.74) is -0.470. The molecule has 1 aromatic carbocycles. The smallest absolute Gasteiger partial charge is 0.410 e. The van der Waals surface area contributed by atoms with Crippen molar-refractivity contribution in [1.82, 2.24) is 4.90 Å². The highest BCUT2D eigenvalue weighted by atomic mass is 35.5. The second-order valence-electron chi connectivity index (χ2n) is 14.8. The van der Waals surface area contributed by atoms with Gasteiger partial charge in [0.05, 0.1) is 23.2 Å². The highest BCUT2D eigenvalue weighted by Gasteiger charge is 2.46. The van der Waals surface area contributed by atoms with Crippen LogP contribution in [0.25, 0.3) is 0 Å². The van der Waals surface area contributed by atoms with Gasteiger partial charge in [-0.25, -0.2) is 4.79 Å². The van der Waals surface area contributed by atoms with E-state index in [0.29, 0.717) is 52.7 Å². The minimum absolute atomic E-state index is 0.0405. The van der Waals surface area contributed by atoms with E-state index in [2.05, 4.69) is 67.7 Å². The van der Waals surface area contributed by atoms with Gasteiger partial charge in [-0.2, -0.15) is 0 Å². The second-order valence-corrected chi connectivity index (χ2v) is 25.5. The molecule has 0 aliphatic carbocycles. The van der Waals surface area contributed by atoms with Crippen LogP contribution < -0.4 is 0 Å². The molecular weight excluding hydrogens is 581 g/mol. The second kappa shape index (κ2) is 13.8. The fourth-order valence-electron chi connectivity index (χ4n) is 3.82. The normalized spacial score (nSPS) is 19.1. The lowest BCUT2D eigenvalue weighted by molar-refractivity contribution is -0.120. The van der Waals surface area contributed by atoms with E-state index < -0.39 is 27.8 Å². The summed E-state index contributed by atoms with van der Waals surface area (Å²) in [6.45, 7) is 30.0. The van der Waals surface area contributed by atoms with Crippen LogP contribution in [0.5, 0.6) is 0 Å². The average molecular weight is 637 g/mol. The molecule has 1 N–H and O–H groups in total. The van der Waals surface area contributed by atoms with Crippen molar-refractivity contribution in [2.75, 3.05) is 26.3 Å². The van der Waals surface area contributed by atoms with Crippen LogP contribution in [0, 0.1) is 0 Å². The summed E-state index contributed by atoms with van der Waals surface area (Å²) in [6, 6.07) is 5.33. The van der Waals surface area contributed by atoms with Crippen LogP contribution >= 0.6 is 23.2 Å². The Morgan fingerprint density at radius 2 is 1.50 bits per heavy atom. The number of hydrogen-bond donors (Lipinski definition) is 1. The number of hydrogen-bond acceptors (Lipinski definition) is 5. The van der Waals surface area contributed by atoms with Crippen molar-refractivity contribution in [2.45, 2.75) is 123 Å². The third kappa shape index (κ3) is 10.6. The Balaban J connectivity index is 0.000000459. The number of nitrogens with zero attached hydrogens (tertiary/aromatic N) is 1. The van der Waals surface area contributed by atoms with Gasteiger partial charge in [-0.05, 0) is 87.6 Å². The average Bonchev–Trinajstić information content (AvgIpc) is 2.77. The Labute approximate surface area is 256 Å². The molecule has 1 aliphatic rings. The van der Waals surface area contributed by atoms with Crippen LogP contribution in [0.1, 0.15) is 80.7 Å². The molecule has 1 fully saturated rings. The van der Waals surface area contributed by atoms with E-state index in [1.165, 1.54) is 0 Å². The number of carbonyl (C=O) groups excluding carboxylic acids is 1. The molecule has 0 aromatic heterocycles. The molecule has 0 unspecified atom stereocenters. The number of benzene rings is 1. The molecule has 0 spiro atoms. The molecule has 1 amide bonds. The van der Waals surface area contributed by atoms with E-state index in [9.17, 15) is 9.90 Å². The number of carbonyl (C=O) groups is 1. The largest absolute Gasteiger partial charge is 0.455 e. The van der Waals surface area contributed by atoms with Crippen LogP contribution in [0.3, 0.4) is 0 Å². The fourth-order valence-corrected chi connectivity index (χ4v) is 11.7. The summed E-state index contributed by atoms with van der Waals surface area (Å²) in [5, 5.41) is 10.8. The summed E-state index contributed by atoms with van der Waals surface area (Å²) in [5.74, 6) is 0. The summed E-state index contributed by atoms with van der Waals surface area (Å²) in [6.07, 6.45) is 0.729. The fraction of sp³-hybridized carbons (Fsp3) is 0.767. The Hall–Kier alpha value is -0.616. The zero-order valence-electron chi connectivity index (χ0n) is 27.3. The first-order chi connectivity index (χ1) is 17.9. The minimum atomic E-state index is -1.59. The topological polar surface area (TPSA) is 68.2 Å². The maximum Gasteiger partial charge on any atom is 0.410 e. The van der Waals surface area contributed by atoms with Crippen LogP contribution in [0.15, 0.2) is 18.2 Å². The Kier molecular flexibility index (Phi) is 12.9. The van der Waals surface area contributed by atoms with Gasteiger partial charge in [-0.15, -0.1) is 0 Å². The van der Waals surface area contributed by atoms with Gasteiger partial charge < -0.3 is 23.6 Å². The summed E-state index contributed by atoms with van der Waals surface area (Å²) >= 11 is 12.2. The Bertz CT molecular complexity index is 960. The van der Waals surface area contributed by atoms with Crippen molar-refractivity contribution in [3.8, 4) is 0 Å². The summed E-state index contributed by atoms with van der Waals surface area (Å²) < 4.78 is 18.2. The Morgan fingerprint density at radius 1 is 0.975 bits per heavy atom. The van der Waals surface area contributed by atoms with Gasteiger partial charge in [0, 0.05) is 13.2 Å². The molecule has 6 nitrogen and oxygen atoms in total. The van der Waals surface area contributed by atoms with Crippen molar-refractivity contribution in [1.29, 1.82) is 0 Å². The number of aliphatic hydroxyl groups excluding tert-OH is 1. The van der Waals surface area contributed by atoms with Gasteiger partial charge in [0.25, 0.3) is 0 Å². The first kappa shape index (κ1) is 37.4. The van der Waals surface area contributed by atoms with Gasteiger partial charge in [-0.3, -0.25) is 0 Å². The standard InChI is InChI=1S/C18H25Cl2NO4.C12H30OSi2/c1-17(2,3)25-16(23)21-8-10-24-18(12-21,7-4-9-22)13-5-6-14(19)15(20)11-13;1-11(2,3)14(7,8)13-15(9,10)12(4,5)6/h5-6,11,22H,4,7-10,12H2,1-3H3;1-10H3/t18-;/m0./s1. The van der Waals surface area contributed by atoms with Crippen LogP contribution in [-0.2, 0) is 19.2 Å². The predicted molar refractivity (Wildman–Crippen MR) is 174 cm³/mol. The molecule has 10 heteroatoms. The molecule has 40 heavy (non-hydrogen) atoms. The zero-order valence-corrected chi connectivity index (χ0v) is 30.8. The van der Waals surface area contributed by atoms with Crippen LogP contribution in [0.4, 0.5) is 4.79 Å². The van der Waals surface area contributed by atoms with Gasteiger partial charge in [0.1, 0.15) is 11.2 Å². The molecule has 1 aromatic rings. The molecule has 0 saturated carbocycles. The van der Waals surface area contributed by atoms with E-state index in [-0.39, 0.29) is 12.7 Å². The summed E-state index contributed by atoms with van der Waals surface area (Å²) in [4.78, 5) is 14.1. The number of morpholine rings is 1. The molecule has 1 saturated heterocycles. The van der Waals surface area contributed by atoms with Crippen molar-refractivity contribution < 1.29 is 23.5 Å². The third-order valence-electron chi connectivity index (χ3n) is 8.14. The monoisotopic (exact) mass is 635 g/mol. The van der Waals surface area contributed by atoms with Gasteiger partial charge in [-0.1, -0.05) is 70.8 Å². The van der Waals surface area contributed by atoms with Gasteiger partial charge in [0.15, 0.2) is 16.6 Å². The molecule has 1 atom stereocenters. The van der Waals surface area contributed by atoms with E-state index in [1.54, 1.807) is 17.0 Å². The SMILES string of the molecule is CC(C)(C)OC(=O)N1CCO[C@](CCCO)(c2ccc(Cl)c(Cl)c2)C1.CC(C)(C)[Si](C)(C)O[Si](C)(C)C(C)(C)C. The molecule has 1 aliphatic heterocycles. The minimum Gasteiger partial charge on any atom is -0.455 e. The van der Waals surface area contributed by atoms with E-state index in [1.807, 2.05) is 26.8 Å². The number of amides is 1. The van der Waals surface area contributed by atoms with E-state index >= 15 is 0 Å². The van der Waals surface area contributed by atoms with E-state index in [4.69, 9.17) is 36.8 Å². The van der Waals surface area contributed by atoms with Crippen LogP contribution in [-0.4, -0.2) is 64.6 Å². The number of halogens is 2. The van der Waals surface area contributed by atoms with Gasteiger partial charge in [0.2, 0.25) is 0 Å². The van der Waals surface area contributed by atoms with Crippen molar-refractivity contribution in [3.05, 3.63) is 33.8 Å².